The van der Waals surface area contributed by atoms with Crippen molar-refractivity contribution in [1.29, 1.82) is 0 Å². The van der Waals surface area contributed by atoms with Gasteiger partial charge in [0.15, 0.2) is 5.82 Å². The van der Waals surface area contributed by atoms with Gasteiger partial charge in [0.2, 0.25) is 0 Å². The largest absolute Gasteiger partial charge is 0.363 e. The minimum atomic E-state index is -0.0442. The Morgan fingerprint density at radius 2 is 2.23 bits per heavy atom. The lowest BCUT2D eigenvalue weighted by Gasteiger charge is -2.34. The summed E-state index contributed by atoms with van der Waals surface area (Å²) in [6, 6.07) is 6.56. The molecule has 116 valence electrons. The van der Waals surface area contributed by atoms with E-state index in [-0.39, 0.29) is 12.2 Å². The summed E-state index contributed by atoms with van der Waals surface area (Å²) in [4.78, 5) is 11.2. The Kier molecular flexibility index (Phi) is 3.63. The highest BCUT2D eigenvalue weighted by Gasteiger charge is 2.41. The Labute approximate surface area is 129 Å². The molecule has 2 aliphatic heterocycles. The van der Waals surface area contributed by atoms with E-state index in [0.717, 1.165) is 38.0 Å². The van der Waals surface area contributed by atoms with Crippen molar-refractivity contribution in [3.05, 3.63) is 41.8 Å². The highest BCUT2D eigenvalue weighted by molar-refractivity contribution is 5.05. The maximum atomic E-state index is 6.22. The normalized spacial score (nSPS) is 28.7. The third kappa shape index (κ3) is 2.64. The highest BCUT2D eigenvalue weighted by Crippen LogP contribution is 2.37. The Morgan fingerprint density at radius 1 is 1.27 bits per heavy atom. The van der Waals surface area contributed by atoms with Gasteiger partial charge in [0.05, 0.1) is 11.8 Å². The molecule has 2 aliphatic rings. The van der Waals surface area contributed by atoms with Gasteiger partial charge < -0.3 is 9.26 Å². The van der Waals surface area contributed by atoms with Crippen LogP contribution in [-0.4, -0.2) is 38.7 Å². The minimum Gasteiger partial charge on any atom is -0.363 e. The van der Waals surface area contributed by atoms with E-state index in [9.17, 15) is 0 Å². The second kappa shape index (κ2) is 5.78. The molecule has 2 aromatic heterocycles. The molecule has 3 atom stereocenters. The average molecular weight is 300 g/mol. The monoisotopic (exact) mass is 300 g/mol. The number of hydrogen-bond acceptors (Lipinski definition) is 6. The van der Waals surface area contributed by atoms with E-state index in [4.69, 9.17) is 9.26 Å². The Balaban J connectivity index is 1.42. The average Bonchev–Trinajstić information content (AvgIpc) is 3.15. The van der Waals surface area contributed by atoms with Crippen molar-refractivity contribution in [2.24, 2.45) is 0 Å². The van der Waals surface area contributed by atoms with Gasteiger partial charge in [-0.3, -0.25) is 9.88 Å². The van der Waals surface area contributed by atoms with Crippen molar-refractivity contribution in [1.82, 2.24) is 20.0 Å². The van der Waals surface area contributed by atoms with Crippen LogP contribution in [0.15, 0.2) is 28.9 Å². The summed E-state index contributed by atoms with van der Waals surface area (Å²) >= 11 is 0. The van der Waals surface area contributed by atoms with Crippen molar-refractivity contribution in [3.8, 4) is 0 Å². The van der Waals surface area contributed by atoms with Crippen LogP contribution >= 0.6 is 0 Å². The number of fused-ring (bicyclic) bond motifs is 1. The molecule has 0 bridgehead atoms. The van der Waals surface area contributed by atoms with Crippen LogP contribution in [0.25, 0.3) is 0 Å². The zero-order valence-electron chi connectivity index (χ0n) is 12.7. The molecule has 0 N–H and O–H groups in total. The van der Waals surface area contributed by atoms with Crippen molar-refractivity contribution >= 4 is 0 Å². The summed E-state index contributed by atoms with van der Waals surface area (Å²) in [7, 11) is 0. The van der Waals surface area contributed by atoms with Crippen molar-refractivity contribution in [2.75, 3.05) is 6.54 Å². The molecule has 2 saturated heterocycles. The number of likely N-dealkylation sites (tertiary alicyclic amines) is 1. The van der Waals surface area contributed by atoms with Crippen molar-refractivity contribution in [2.45, 2.75) is 51.0 Å². The van der Waals surface area contributed by atoms with Crippen LogP contribution in [0, 0.1) is 6.92 Å². The van der Waals surface area contributed by atoms with Gasteiger partial charge in [-0.05, 0) is 38.3 Å². The van der Waals surface area contributed by atoms with Crippen molar-refractivity contribution in [3.63, 3.8) is 0 Å². The second-order valence-electron chi connectivity index (χ2n) is 6.07. The molecular weight excluding hydrogens is 280 g/mol. The van der Waals surface area contributed by atoms with E-state index in [0.29, 0.717) is 17.8 Å². The number of rotatable bonds is 3. The van der Waals surface area contributed by atoms with E-state index in [1.807, 2.05) is 25.3 Å². The van der Waals surface area contributed by atoms with Gasteiger partial charge in [0.1, 0.15) is 6.10 Å². The van der Waals surface area contributed by atoms with E-state index >= 15 is 0 Å². The van der Waals surface area contributed by atoms with Crippen LogP contribution in [0.3, 0.4) is 0 Å². The predicted molar refractivity (Wildman–Crippen MR) is 78.9 cm³/mol. The number of aromatic nitrogens is 3. The third-order valence-corrected chi connectivity index (χ3v) is 4.57. The fourth-order valence-electron chi connectivity index (χ4n) is 3.54. The van der Waals surface area contributed by atoms with Crippen LogP contribution in [0.4, 0.5) is 0 Å². The molecule has 0 saturated carbocycles. The van der Waals surface area contributed by atoms with Gasteiger partial charge in [0, 0.05) is 25.3 Å². The molecule has 0 radical (unpaired) electrons. The second-order valence-corrected chi connectivity index (χ2v) is 6.07. The first-order chi connectivity index (χ1) is 10.8. The molecule has 6 nitrogen and oxygen atoms in total. The lowest BCUT2D eigenvalue weighted by Crippen LogP contribution is -2.40. The highest BCUT2D eigenvalue weighted by atomic mass is 16.5. The molecule has 0 unspecified atom stereocenters. The first-order valence-electron chi connectivity index (χ1n) is 7.89. The zero-order chi connectivity index (χ0) is 14.9. The van der Waals surface area contributed by atoms with Crippen LogP contribution < -0.4 is 0 Å². The molecule has 0 aromatic carbocycles. The van der Waals surface area contributed by atoms with Crippen LogP contribution in [-0.2, 0) is 11.3 Å². The lowest BCUT2D eigenvalue weighted by atomic mass is 9.99. The van der Waals surface area contributed by atoms with Crippen LogP contribution in [0.2, 0.25) is 0 Å². The molecule has 2 fully saturated rings. The molecule has 4 heterocycles. The van der Waals surface area contributed by atoms with Gasteiger partial charge in [-0.2, -0.15) is 4.98 Å². The first kappa shape index (κ1) is 13.8. The number of hydrogen-bond donors (Lipinski definition) is 0. The van der Waals surface area contributed by atoms with E-state index < -0.39 is 0 Å². The van der Waals surface area contributed by atoms with E-state index in [1.54, 1.807) is 0 Å². The molecular formula is C16H20N4O2. The number of nitrogens with zero attached hydrogens (tertiary/aromatic N) is 4. The van der Waals surface area contributed by atoms with Gasteiger partial charge in [-0.1, -0.05) is 11.2 Å². The summed E-state index contributed by atoms with van der Waals surface area (Å²) in [6.07, 6.45) is 5.16. The molecule has 4 rings (SSSR count). The van der Waals surface area contributed by atoms with Crippen LogP contribution in [0.1, 0.15) is 42.8 Å². The Bertz CT molecular complexity index is 630. The summed E-state index contributed by atoms with van der Waals surface area (Å²) < 4.78 is 11.5. The molecule has 22 heavy (non-hydrogen) atoms. The molecule has 0 amide bonds. The summed E-state index contributed by atoms with van der Waals surface area (Å²) in [5.41, 5.74) is 1.12. The number of pyridine rings is 1. The van der Waals surface area contributed by atoms with Gasteiger partial charge in [0.25, 0.3) is 5.89 Å². The van der Waals surface area contributed by atoms with E-state index in [2.05, 4.69) is 26.1 Å². The molecule has 0 spiro atoms. The number of aryl methyl sites for hydroxylation is 1. The Hall–Kier alpha value is -1.79. The molecule has 6 heteroatoms. The smallest absolute Gasteiger partial charge is 0.255 e. The summed E-state index contributed by atoms with van der Waals surface area (Å²) in [6.45, 7) is 3.79. The van der Waals surface area contributed by atoms with Crippen molar-refractivity contribution < 1.29 is 9.26 Å². The Morgan fingerprint density at radius 3 is 3.00 bits per heavy atom. The zero-order valence-corrected chi connectivity index (χ0v) is 12.7. The SMILES string of the molecule is Cc1noc([C@@H]2CC[C@@H]3[C@@H](CCN3Cc3ccccn3)O2)n1. The van der Waals surface area contributed by atoms with Crippen LogP contribution in [0.5, 0.6) is 0 Å². The quantitative estimate of drug-likeness (QED) is 0.866. The topological polar surface area (TPSA) is 64.3 Å². The summed E-state index contributed by atoms with van der Waals surface area (Å²) in [5, 5.41) is 3.86. The standard InChI is InChI=1S/C16H20N4O2/c1-11-18-16(22-19-11)15-6-5-13-14(21-15)7-9-20(13)10-12-4-2-3-8-17-12/h2-4,8,13-15H,5-7,9-10H2,1H3/t13-,14-,15+/m1/s1. The first-order valence-corrected chi connectivity index (χ1v) is 7.89. The summed E-state index contributed by atoms with van der Waals surface area (Å²) in [5.74, 6) is 1.29. The maximum Gasteiger partial charge on any atom is 0.255 e. The predicted octanol–water partition coefficient (Wildman–Crippen LogP) is 2.27. The fourth-order valence-corrected chi connectivity index (χ4v) is 3.54. The van der Waals surface area contributed by atoms with Gasteiger partial charge >= 0.3 is 0 Å². The maximum absolute atomic E-state index is 6.22. The number of ether oxygens (including phenoxy) is 1. The van der Waals surface area contributed by atoms with Gasteiger partial charge in [-0.25, -0.2) is 0 Å². The third-order valence-electron chi connectivity index (χ3n) is 4.57. The molecule has 2 aromatic rings. The minimum absolute atomic E-state index is 0.0442. The van der Waals surface area contributed by atoms with E-state index in [1.165, 1.54) is 0 Å². The molecule has 0 aliphatic carbocycles. The lowest BCUT2D eigenvalue weighted by molar-refractivity contribution is -0.0832. The van der Waals surface area contributed by atoms with Gasteiger partial charge in [-0.15, -0.1) is 0 Å². The fraction of sp³-hybridized carbons (Fsp3) is 0.562.